The molecule has 0 bridgehead atoms. The SMILES string of the molecule is CCOc1c(Cl)cc(/C=N/Nc2ccc(Cl)cc2)cc1OC. The first-order valence-electron chi connectivity index (χ1n) is 6.69. The van der Waals surface area contributed by atoms with E-state index in [1.807, 2.05) is 25.1 Å². The van der Waals surface area contributed by atoms with Gasteiger partial charge in [-0.15, -0.1) is 0 Å². The number of anilines is 1. The minimum atomic E-state index is 0.481. The highest BCUT2D eigenvalue weighted by atomic mass is 35.5. The molecule has 0 heterocycles. The highest BCUT2D eigenvalue weighted by molar-refractivity contribution is 6.32. The fourth-order valence-corrected chi connectivity index (χ4v) is 2.20. The van der Waals surface area contributed by atoms with Gasteiger partial charge >= 0.3 is 0 Å². The van der Waals surface area contributed by atoms with Crippen molar-refractivity contribution >= 4 is 35.1 Å². The van der Waals surface area contributed by atoms with E-state index in [1.165, 1.54) is 0 Å². The number of halogens is 2. The zero-order chi connectivity index (χ0) is 15.9. The number of nitrogens with one attached hydrogen (secondary N) is 1. The normalized spacial score (nSPS) is 10.7. The molecule has 0 radical (unpaired) electrons. The molecule has 2 rings (SSSR count). The maximum Gasteiger partial charge on any atom is 0.179 e. The van der Waals surface area contributed by atoms with Gasteiger partial charge in [0, 0.05) is 5.02 Å². The predicted molar refractivity (Wildman–Crippen MR) is 91.8 cm³/mol. The molecular weight excluding hydrogens is 323 g/mol. The van der Waals surface area contributed by atoms with E-state index in [-0.39, 0.29) is 0 Å². The van der Waals surface area contributed by atoms with Gasteiger partial charge in [-0.3, -0.25) is 5.43 Å². The average molecular weight is 339 g/mol. The molecule has 0 amide bonds. The second-order valence-corrected chi connectivity index (χ2v) is 5.19. The standard InChI is InChI=1S/C16H16Cl2N2O2/c1-3-22-16-14(18)8-11(9-15(16)21-2)10-19-20-13-6-4-12(17)5-7-13/h4-10,20H,3H2,1-2H3/b19-10+. The minimum absolute atomic E-state index is 0.481. The largest absolute Gasteiger partial charge is 0.493 e. The maximum atomic E-state index is 6.20. The molecule has 0 atom stereocenters. The van der Waals surface area contributed by atoms with Gasteiger partial charge in [-0.25, -0.2) is 0 Å². The first-order valence-corrected chi connectivity index (χ1v) is 7.44. The van der Waals surface area contributed by atoms with Crippen LogP contribution >= 0.6 is 23.2 Å². The van der Waals surface area contributed by atoms with Crippen molar-refractivity contribution in [3.8, 4) is 11.5 Å². The smallest absolute Gasteiger partial charge is 0.179 e. The summed E-state index contributed by atoms with van der Waals surface area (Å²) < 4.78 is 10.8. The summed E-state index contributed by atoms with van der Waals surface area (Å²) in [6, 6.07) is 10.8. The lowest BCUT2D eigenvalue weighted by Crippen LogP contribution is -1.98. The second-order valence-electron chi connectivity index (χ2n) is 4.34. The van der Waals surface area contributed by atoms with Crippen molar-refractivity contribution in [2.45, 2.75) is 6.92 Å². The van der Waals surface area contributed by atoms with Gasteiger partial charge in [0.05, 0.1) is 30.6 Å². The molecule has 0 aromatic heterocycles. The van der Waals surface area contributed by atoms with E-state index in [9.17, 15) is 0 Å². The molecule has 0 aliphatic rings. The van der Waals surface area contributed by atoms with Crippen LogP contribution in [-0.2, 0) is 0 Å². The lowest BCUT2D eigenvalue weighted by molar-refractivity contribution is 0.311. The van der Waals surface area contributed by atoms with Gasteiger partial charge < -0.3 is 9.47 Å². The molecule has 2 aromatic carbocycles. The maximum absolute atomic E-state index is 6.20. The summed E-state index contributed by atoms with van der Waals surface area (Å²) in [6.45, 7) is 2.41. The highest BCUT2D eigenvalue weighted by Crippen LogP contribution is 2.35. The Bertz CT molecular complexity index is 658. The number of methoxy groups -OCH3 is 1. The molecule has 2 aromatic rings. The van der Waals surface area contributed by atoms with E-state index < -0.39 is 0 Å². The Labute approximate surface area is 139 Å². The van der Waals surface area contributed by atoms with Crippen molar-refractivity contribution in [1.29, 1.82) is 0 Å². The molecule has 0 unspecified atom stereocenters. The summed E-state index contributed by atoms with van der Waals surface area (Å²) in [4.78, 5) is 0. The van der Waals surface area contributed by atoms with E-state index in [0.29, 0.717) is 28.2 Å². The van der Waals surface area contributed by atoms with Crippen molar-refractivity contribution in [1.82, 2.24) is 0 Å². The lowest BCUT2D eigenvalue weighted by Gasteiger charge is -2.11. The first-order chi connectivity index (χ1) is 10.6. The summed E-state index contributed by atoms with van der Waals surface area (Å²) in [5.74, 6) is 1.11. The molecule has 0 saturated carbocycles. The lowest BCUT2D eigenvalue weighted by atomic mass is 10.2. The van der Waals surface area contributed by atoms with Crippen LogP contribution in [-0.4, -0.2) is 19.9 Å². The van der Waals surface area contributed by atoms with E-state index >= 15 is 0 Å². The van der Waals surface area contributed by atoms with Gasteiger partial charge in [0.15, 0.2) is 11.5 Å². The first kappa shape index (κ1) is 16.5. The second kappa shape index (κ2) is 7.92. The third kappa shape index (κ3) is 4.29. The molecule has 0 aliphatic carbocycles. The van der Waals surface area contributed by atoms with Crippen LogP contribution in [0.4, 0.5) is 5.69 Å². The number of hydrogen-bond donors (Lipinski definition) is 1. The van der Waals surface area contributed by atoms with Crippen molar-refractivity contribution in [2.75, 3.05) is 19.1 Å². The number of ether oxygens (including phenoxy) is 2. The fourth-order valence-electron chi connectivity index (χ4n) is 1.80. The zero-order valence-corrected chi connectivity index (χ0v) is 13.8. The Morgan fingerprint density at radius 1 is 1.18 bits per heavy atom. The summed E-state index contributed by atoms with van der Waals surface area (Å²) in [6.07, 6.45) is 1.65. The fraction of sp³-hybridized carbons (Fsp3) is 0.188. The van der Waals surface area contributed by atoms with E-state index in [0.717, 1.165) is 11.3 Å². The summed E-state index contributed by atoms with van der Waals surface area (Å²) >= 11 is 12.0. The Hall–Kier alpha value is -1.91. The molecule has 0 spiro atoms. The van der Waals surface area contributed by atoms with Crippen LogP contribution in [0.3, 0.4) is 0 Å². The molecular formula is C16H16Cl2N2O2. The Morgan fingerprint density at radius 3 is 2.55 bits per heavy atom. The molecule has 4 nitrogen and oxygen atoms in total. The molecule has 0 aliphatic heterocycles. The number of nitrogens with zero attached hydrogens (tertiary/aromatic N) is 1. The van der Waals surface area contributed by atoms with Crippen molar-refractivity contribution in [3.63, 3.8) is 0 Å². The minimum Gasteiger partial charge on any atom is -0.493 e. The summed E-state index contributed by atoms with van der Waals surface area (Å²) in [7, 11) is 1.57. The summed E-state index contributed by atoms with van der Waals surface area (Å²) in [5.41, 5.74) is 4.55. The Balaban J connectivity index is 2.13. The van der Waals surface area contributed by atoms with Crippen molar-refractivity contribution < 1.29 is 9.47 Å². The molecule has 22 heavy (non-hydrogen) atoms. The molecule has 6 heteroatoms. The molecule has 116 valence electrons. The topological polar surface area (TPSA) is 42.8 Å². The average Bonchev–Trinajstić information content (AvgIpc) is 2.51. The number of hydrazone groups is 1. The Kier molecular flexibility index (Phi) is 5.92. The third-order valence-electron chi connectivity index (χ3n) is 2.79. The van der Waals surface area contributed by atoms with Gasteiger partial charge in [0.1, 0.15) is 0 Å². The van der Waals surface area contributed by atoms with Gasteiger partial charge in [-0.05, 0) is 48.9 Å². The quantitative estimate of drug-likeness (QED) is 0.604. The predicted octanol–water partition coefficient (Wildman–Crippen LogP) is 4.85. The van der Waals surface area contributed by atoms with Crippen LogP contribution in [0.15, 0.2) is 41.5 Å². The van der Waals surface area contributed by atoms with Gasteiger partial charge in [-0.1, -0.05) is 23.2 Å². The monoisotopic (exact) mass is 338 g/mol. The van der Waals surface area contributed by atoms with Crippen LogP contribution in [0.1, 0.15) is 12.5 Å². The van der Waals surface area contributed by atoms with Crippen LogP contribution < -0.4 is 14.9 Å². The van der Waals surface area contributed by atoms with E-state index in [1.54, 1.807) is 31.5 Å². The molecule has 0 saturated heterocycles. The van der Waals surface area contributed by atoms with E-state index in [2.05, 4.69) is 10.5 Å². The number of benzene rings is 2. The molecule has 1 N–H and O–H groups in total. The number of rotatable bonds is 6. The van der Waals surface area contributed by atoms with Crippen LogP contribution in [0.2, 0.25) is 10.0 Å². The van der Waals surface area contributed by atoms with Gasteiger partial charge in [-0.2, -0.15) is 5.10 Å². The number of hydrogen-bond acceptors (Lipinski definition) is 4. The van der Waals surface area contributed by atoms with Gasteiger partial charge in [0.2, 0.25) is 0 Å². The van der Waals surface area contributed by atoms with Gasteiger partial charge in [0.25, 0.3) is 0 Å². The third-order valence-corrected chi connectivity index (χ3v) is 3.32. The van der Waals surface area contributed by atoms with Crippen LogP contribution in [0.5, 0.6) is 11.5 Å². The Morgan fingerprint density at radius 2 is 1.91 bits per heavy atom. The van der Waals surface area contributed by atoms with E-state index in [4.69, 9.17) is 32.7 Å². The zero-order valence-electron chi connectivity index (χ0n) is 12.3. The highest BCUT2D eigenvalue weighted by Gasteiger charge is 2.10. The van der Waals surface area contributed by atoms with Crippen molar-refractivity contribution in [2.24, 2.45) is 5.10 Å². The van der Waals surface area contributed by atoms with Crippen LogP contribution in [0.25, 0.3) is 0 Å². The van der Waals surface area contributed by atoms with Crippen molar-refractivity contribution in [3.05, 3.63) is 52.0 Å². The van der Waals surface area contributed by atoms with Crippen LogP contribution in [0, 0.1) is 0 Å². The summed E-state index contributed by atoms with van der Waals surface area (Å²) in [5, 5.41) is 5.32. The molecule has 0 fully saturated rings.